The Morgan fingerprint density at radius 2 is 1.77 bits per heavy atom. The normalized spacial score (nSPS) is 10.1. The van der Waals surface area contributed by atoms with Gasteiger partial charge in [0.2, 0.25) is 0 Å². The van der Waals surface area contributed by atoms with E-state index in [0.717, 1.165) is 11.3 Å². The molecule has 2 aromatic carbocycles. The highest BCUT2D eigenvalue weighted by atomic mass is 16.5. The summed E-state index contributed by atoms with van der Waals surface area (Å²) in [5, 5.41) is 2.79. The molecule has 0 fully saturated rings. The van der Waals surface area contributed by atoms with Crippen molar-refractivity contribution in [2.24, 2.45) is 0 Å². The van der Waals surface area contributed by atoms with Gasteiger partial charge >= 0.3 is 5.97 Å². The summed E-state index contributed by atoms with van der Waals surface area (Å²) >= 11 is 0. The van der Waals surface area contributed by atoms with E-state index in [-0.39, 0.29) is 19.1 Å². The molecule has 0 aliphatic carbocycles. The average molecular weight is 357 g/mol. The Hall–Kier alpha value is -3.02. The number of methoxy groups -OCH3 is 1. The number of para-hydroxylation sites is 1. The van der Waals surface area contributed by atoms with Crippen molar-refractivity contribution in [1.82, 2.24) is 5.32 Å². The quantitative estimate of drug-likeness (QED) is 0.699. The van der Waals surface area contributed by atoms with E-state index in [2.05, 4.69) is 5.32 Å². The van der Waals surface area contributed by atoms with Gasteiger partial charge < -0.3 is 19.5 Å². The van der Waals surface area contributed by atoms with Crippen molar-refractivity contribution in [1.29, 1.82) is 0 Å². The summed E-state index contributed by atoms with van der Waals surface area (Å²) in [6.45, 7) is 2.34. The first-order valence-corrected chi connectivity index (χ1v) is 8.42. The van der Waals surface area contributed by atoms with Crippen LogP contribution in [0, 0.1) is 0 Å². The average Bonchev–Trinajstić information content (AvgIpc) is 2.67. The molecular weight excluding hydrogens is 334 g/mol. The second-order valence-electron chi connectivity index (χ2n) is 5.45. The van der Waals surface area contributed by atoms with Gasteiger partial charge in [-0.25, -0.2) is 4.79 Å². The predicted octanol–water partition coefficient (Wildman–Crippen LogP) is 2.61. The van der Waals surface area contributed by atoms with Crippen LogP contribution >= 0.6 is 0 Å². The molecular formula is C20H23NO5. The van der Waals surface area contributed by atoms with Crippen molar-refractivity contribution in [2.75, 3.05) is 26.9 Å². The molecule has 6 nitrogen and oxygen atoms in total. The van der Waals surface area contributed by atoms with Gasteiger partial charge in [-0.2, -0.15) is 0 Å². The molecule has 0 bridgehead atoms. The number of hydrogen-bond acceptors (Lipinski definition) is 5. The van der Waals surface area contributed by atoms with E-state index in [1.165, 1.54) is 0 Å². The van der Waals surface area contributed by atoms with E-state index in [1.807, 2.05) is 24.3 Å². The molecule has 0 saturated heterocycles. The lowest BCUT2D eigenvalue weighted by Gasteiger charge is -2.11. The van der Waals surface area contributed by atoms with Crippen molar-refractivity contribution < 1.29 is 23.8 Å². The number of rotatable bonds is 9. The topological polar surface area (TPSA) is 73.9 Å². The van der Waals surface area contributed by atoms with E-state index in [0.29, 0.717) is 24.3 Å². The lowest BCUT2D eigenvalue weighted by atomic mass is 10.1. The zero-order valence-corrected chi connectivity index (χ0v) is 15.0. The van der Waals surface area contributed by atoms with E-state index in [4.69, 9.17) is 14.2 Å². The van der Waals surface area contributed by atoms with Crippen LogP contribution in [-0.4, -0.2) is 38.7 Å². The number of benzene rings is 2. The third kappa shape index (κ3) is 5.81. The molecule has 138 valence electrons. The van der Waals surface area contributed by atoms with Gasteiger partial charge in [0.1, 0.15) is 17.1 Å². The molecule has 0 aliphatic rings. The van der Waals surface area contributed by atoms with E-state index in [9.17, 15) is 9.59 Å². The van der Waals surface area contributed by atoms with Crippen LogP contribution in [-0.2, 0) is 16.0 Å². The summed E-state index contributed by atoms with van der Waals surface area (Å²) in [6, 6.07) is 14.4. The molecule has 1 amide bonds. The molecule has 0 heterocycles. The van der Waals surface area contributed by atoms with Gasteiger partial charge in [-0.15, -0.1) is 0 Å². The first-order valence-electron chi connectivity index (χ1n) is 8.42. The number of esters is 1. The Morgan fingerprint density at radius 1 is 1.04 bits per heavy atom. The first kappa shape index (κ1) is 19.3. The van der Waals surface area contributed by atoms with Crippen LogP contribution in [0.5, 0.6) is 11.5 Å². The summed E-state index contributed by atoms with van der Waals surface area (Å²) in [6.07, 6.45) is 0.704. The number of amides is 1. The molecule has 0 atom stereocenters. The molecule has 26 heavy (non-hydrogen) atoms. The number of hydrogen-bond donors (Lipinski definition) is 1. The standard InChI is InChI=1S/C20H23NO5/c1-3-25-20(23)17-6-4-5-7-18(17)26-14-19(22)21-13-12-15-8-10-16(24-2)11-9-15/h4-11H,3,12-14H2,1-2H3,(H,21,22). The largest absolute Gasteiger partial charge is 0.497 e. The van der Waals surface area contributed by atoms with E-state index >= 15 is 0 Å². The van der Waals surface area contributed by atoms with Gasteiger partial charge in [0.25, 0.3) is 5.91 Å². The first-order chi connectivity index (χ1) is 12.6. The summed E-state index contributed by atoms with van der Waals surface area (Å²) in [7, 11) is 1.62. The lowest BCUT2D eigenvalue weighted by Crippen LogP contribution is -2.30. The minimum absolute atomic E-state index is 0.168. The van der Waals surface area contributed by atoms with E-state index < -0.39 is 5.97 Å². The highest BCUT2D eigenvalue weighted by molar-refractivity contribution is 5.92. The van der Waals surface area contributed by atoms with E-state index in [1.54, 1.807) is 38.3 Å². The minimum atomic E-state index is -0.469. The molecule has 0 saturated carbocycles. The van der Waals surface area contributed by atoms with Crippen molar-refractivity contribution in [3.05, 3.63) is 59.7 Å². The fraction of sp³-hybridized carbons (Fsp3) is 0.300. The second kappa shape index (κ2) is 10.1. The Kier molecular flexibility index (Phi) is 7.49. The monoisotopic (exact) mass is 357 g/mol. The predicted molar refractivity (Wildman–Crippen MR) is 97.6 cm³/mol. The lowest BCUT2D eigenvalue weighted by molar-refractivity contribution is -0.123. The zero-order valence-electron chi connectivity index (χ0n) is 15.0. The third-order valence-corrected chi connectivity index (χ3v) is 3.64. The fourth-order valence-electron chi connectivity index (χ4n) is 2.30. The highest BCUT2D eigenvalue weighted by Gasteiger charge is 2.14. The second-order valence-corrected chi connectivity index (χ2v) is 5.45. The maximum absolute atomic E-state index is 11.9. The molecule has 2 aromatic rings. The minimum Gasteiger partial charge on any atom is -0.497 e. The van der Waals surface area contributed by atoms with Crippen molar-refractivity contribution in [3.8, 4) is 11.5 Å². The summed E-state index contributed by atoms with van der Waals surface area (Å²) in [5.74, 6) is 0.405. The summed E-state index contributed by atoms with van der Waals surface area (Å²) in [4.78, 5) is 23.8. The number of carbonyl (C=O) groups excluding carboxylic acids is 2. The molecule has 0 spiro atoms. The Balaban J connectivity index is 1.79. The number of carbonyl (C=O) groups is 2. The van der Waals surface area contributed by atoms with Gasteiger partial charge in [-0.05, 0) is 43.2 Å². The Bertz CT molecular complexity index is 727. The van der Waals surface area contributed by atoms with Crippen LogP contribution in [0.3, 0.4) is 0 Å². The molecule has 2 rings (SSSR count). The van der Waals surface area contributed by atoms with Crippen LogP contribution in [0.2, 0.25) is 0 Å². The molecule has 1 N–H and O–H groups in total. The maximum Gasteiger partial charge on any atom is 0.341 e. The SMILES string of the molecule is CCOC(=O)c1ccccc1OCC(=O)NCCc1ccc(OC)cc1. The van der Waals surface area contributed by atoms with Crippen LogP contribution in [0.1, 0.15) is 22.8 Å². The zero-order chi connectivity index (χ0) is 18.8. The molecule has 0 aromatic heterocycles. The number of ether oxygens (including phenoxy) is 3. The van der Waals surface area contributed by atoms with Gasteiger partial charge in [-0.3, -0.25) is 4.79 Å². The van der Waals surface area contributed by atoms with Crippen molar-refractivity contribution in [3.63, 3.8) is 0 Å². The molecule has 0 unspecified atom stereocenters. The van der Waals surface area contributed by atoms with Crippen molar-refractivity contribution in [2.45, 2.75) is 13.3 Å². The van der Waals surface area contributed by atoms with Crippen LogP contribution in [0.25, 0.3) is 0 Å². The van der Waals surface area contributed by atoms with Crippen LogP contribution in [0.4, 0.5) is 0 Å². The van der Waals surface area contributed by atoms with Crippen LogP contribution < -0.4 is 14.8 Å². The maximum atomic E-state index is 11.9. The smallest absolute Gasteiger partial charge is 0.341 e. The van der Waals surface area contributed by atoms with Gasteiger partial charge in [0.05, 0.1) is 13.7 Å². The number of nitrogens with one attached hydrogen (secondary N) is 1. The Morgan fingerprint density at radius 3 is 2.46 bits per heavy atom. The Labute approximate surface area is 153 Å². The van der Waals surface area contributed by atoms with Gasteiger partial charge in [0.15, 0.2) is 6.61 Å². The van der Waals surface area contributed by atoms with Gasteiger partial charge in [0, 0.05) is 6.54 Å². The third-order valence-electron chi connectivity index (χ3n) is 3.64. The molecule has 0 radical (unpaired) electrons. The fourth-order valence-corrected chi connectivity index (χ4v) is 2.30. The van der Waals surface area contributed by atoms with Crippen LogP contribution in [0.15, 0.2) is 48.5 Å². The molecule has 0 aliphatic heterocycles. The van der Waals surface area contributed by atoms with Gasteiger partial charge in [-0.1, -0.05) is 24.3 Å². The van der Waals surface area contributed by atoms with Crippen molar-refractivity contribution >= 4 is 11.9 Å². The summed E-state index contributed by atoms with van der Waals surface area (Å²) < 4.78 is 15.6. The summed E-state index contributed by atoms with van der Waals surface area (Å²) in [5.41, 5.74) is 1.40. The molecule has 6 heteroatoms. The highest BCUT2D eigenvalue weighted by Crippen LogP contribution is 2.18.